The van der Waals surface area contributed by atoms with Gasteiger partial charge in [-0.25, -0.2) is 9.78 Å². The Morgan fingerprint density at radius 2 is 1.63 bits per heavy atom. The summed E-state index contributed by atoms with van der Waals surface area (Å²) in [5, 5.41) is 12.9. The van der Waals surface area contributed by atoms with E-state index in [1.54, 1.807) is 13.2 Å². The van der Waals surface area contributed by atoms with Crippen LogP contribution < -0.4 is 4.74 Å². The van der Waals surface area contributed by atoms with Gasteiger partial charge in [0.15, 0.2) is 0 Å². The SMILES string of the molecule is COc1ccc(-c2ccc(Cl)cc2)c(-c2ccc3c4c(ccc3n2)-c2c(C3CCCCC3)c3ccc(C(=O)O)cc3n2CCC4)c1. The molecule has 0 atom stereocenters. The van der Waals surface area contributed by atoms with Crippen molar-refractivity contribution in [3.63, 3.8) is 0 Å². The van der Waals surface area contributed by atoms with Gasteiger partial charge in [0.25, 0.3) is 0 Å². The van der Waals surface area contributed by atoms with Crippen LogP contribution in [0.4, 0.5) is 0 Å². The number of hydrogen-bond acceptors (Lipinski definition) is 3. The van der Waals surface area contributed by atoms with Gasteiger partial charge in [-0.2, -0.15) is 0 Å². The van der Waals surface area contributed by atoms with Crippen molar-refractivity contribution in [1.82, 2.24) is 9.55 Å². The van der Waals surface area contributed by atoms with Crippen molar-refractivity contribution in [2.45, 2.75) is 57.4 Å². The molecule has 6 heteroatoms. The van der Waals surface area contributed by atoms with Gasteiger partial charge < -0.3 is 14.4 Å². The summed E-state index contributed by atoms with van der Waals surface area (Å²) >= 11 is 6.21. The first-order chi connectivity index (χ1) is 22.5. The molecule has 0 spiro atoms. The number of carbonyl (C=O) groups is 1. The minimum absolute atomic E-state index is 0.346. The molecule has 4 aromatic carbocycles. The van der Waals surface area contributed by atoms with Crippen LogP contribution in [0.5, 0.6) is 5.75 Å². The zero-order valence-corrected chi connectivity index (χ0v) is 26.6. The number of pyridine rings is 1. The molecular formula is C40H35ClN2O3. The second-order valence-electron chi connectivity index (χ2n) is 12.7. The Morgan fingerprint density at radius 1 is 0.848 bits per heavy atom. The molecule has 1 saturated carbocycles. The van der Waals surface area contributed by atoms with E-state index in [9.17, 15) is 9.90 Å². The fraction of sp³-hybridized carbons (Fsp3) is 0.250. The average molecular weight is 627 g/mol. The van der Waals surface area contributed by atoms with E-state index in [-0.39, 0.29) is 0 Å². The van der Waals surface area contributed by atoms with Crippen LogP contribution >= 0.6 is 11.6 Å². The molecule has 0 saturated heterocycles. The number of aromatic carboxylic acids is 1. The molecule has 1 N–H and O–H groups in total. The maximum Gasteiger partial charge on any atom is 0.335 e. The molecule has 8 rings (SSSR count). The highest BCUT2D eigenvalue weighted by Crippen LogP contribution is 2.47. The van der Waals surface area contributed by atoms with E-state index in [0.717, 1.165) is 58.6 Å². The summed E-state index contributed by atoms with van der Waals surface area (Å²) in [6, 6.07) is 28.6. The lowest BCUT2D eigenvalue weighted by molar-refractivity contribution is 0.0697. The quantitative estimate of drug-likeness (QED) is 0.207. The Hall–Kier alpha value is -4.61. The Bertz CT molecular complexity index is 2140. The Labute approximate surface area is 273 Å². The lowest BCUT2D eigenvalue weighted by Gasteiger charge is -2.24. The first kappa shape index (κ1) is 28.8. The highest BCUT2D eigenvalue weighted by molar-refractivity contribution is 6.30. The minimum Gasteiger partial charge on any atom is -0.497 e. The van der Waals surface area contributed by atoms with Gasteiger partial charge in [0.05, 0.1) is 29.6 Å². The van der Waals surface area contributed by atoms with E-state index >= 15 is 0 Å². The van der Waals surface area contributed by atoms with E-state index in [0.29, 0.717) is 16.5 Å². The number of halogens is 1. The van der Waals surface area contributed by atoms with Gasteiger partial charge in [0.1, 0.15) is 5.75 Å². The van der Waals surface area contributed by atoms with Gasteiger partial charge in [-0.1, -0.05) is 67.3 Å². The van der Waals surface area contributed by atoms with Crippen molar-refractivity contribution >= 4 is 39.4 Å². The van der Waals surface area contributed by atoms with Crippen molar-refractivity contribution < 1.29 is 14.6 Å². The summed E-state index contributed by atoms with van der Waals surface area (Å²) in [4.78, 5) is 17.2. The number of nitrogens with zero attached hydrogens (tertiary/aromatic N) is 2. The molecule has 46 heavy (non-hydrogen) atoms. The molecule has 0 unspecified atom stereocenters. The van der Waals surface area contributed by atoms with Crippen LogP contribution in [0.3, 0.4) is 0 Å². The summed E-state index contributed by atoms with van der Waals surface area (Å²) in [7, 11) is 1.69. The summed E-state index contributed by atoms with van der Waals surface area (Å²) in [6.07, 6.45) is 8.04. The van der Waals surface area contributed by atoms with Crippen molar-refractivity contribution in [3.8, 4) is 39.4 Å². The van der Waals surface area contributed by atoms with E-state index < -0.39 is 5.97 Å². The Balaban J connectivity index is 1.31. The molecule has 0 amide bonds. The molecule has 2 aliphatic rings. The smallest absolute Gasteiger partial charge is 0.335 e. The molecule has 1 aliphatic carbocycles. The average Bonchev–Trinajstić information content (AvgIpc) is 3.28. The number of benzene rings is 4. The van der Waals surface area contributed by atoms with Gasteiger partial charge in [0.2, 0.25) is 0 Å². The Kier molecular flexibility index (Phi) is 7.29. The van der Waals surface area contributed by atoms with E-state index in [1.165, 1.54) is 65.3 Å². The number of aromatic nitrogens is 2. The number of ether oxygens (including phenoxy) is 1. The molecule has 0 radical (unpaired) electrons. The molecule has 3 heterocycles. The summed E-state index contributed by atoms with van der Waals surface area (Å²) in [5.41, 5.74) is 11.7. The molecule has 1 fully saturated rings. The predicted molar refractivity (Wildman–Crippen MR) is 186 cm³/mol. The molecule has 2 aromatic heterocycles. The van der Waals surface area contributed by atoms with Gasteiger partial charge in [-0.15, -0.1) is 0 Å². The molecular weight excluding hydrogens is 592 g/mol. The molecule has 0 bridgehead atoms. The molecule has 230 valence electrons. The maximum absolute atomic E-state index is 12.0. The van der Waals surface area contributed by atoms with Crippen LogP contribution in [0.2, 0.25) is 5.02 Å². The first-order valence-corrected chi connectivity index (χ1v) is 16.6. The van der Waals surface area contributed by atoms with E-state index in [2.05, 4.69) is 47.0 Å². The van der Waals surface area contributed by atoms with E-state index in [4.69, 9.17) is 21.3 Å². The number of methoxy groups -OCH3 is 1. The van der Waals surface area contributed by atoms with Crippen molar-refractivity contribution in [2.75, 3.05) is 7.11 Å². The van der Waals surface area contributed by atoms with Gasteiger partial charge in [-0.3, -0.25) is 0 Å². The number of hydrogen-bond donors (Lipinski definition) is 1. The summed E-state index contributed by atoms with van der Waals surface area (Å²) < 4.78 is 8.03. The number of carboxylic acid groups (broad SMARTS) is 1. The molecule has 6 aromatic rings. The number of carboxylic acids is 1. The first-order valence-electron chi connectivity index (χ1n) is 16.3. The highest BCUT2D eigenvalue weighted by Gasteiger charge is 2.30. The number of fused-ring (bicyclic) bond motifs is 7. The zero-order valence-electron chi connectivity index (χ0n) is 25.9. The van der Waals surface area contributed by atoms with Crippen LogP contribution in [0.1, 0.15) is 65.9 Å². The van der Waals surface area contributed by atoms with Crippen LogP contribution in [-0.2, 0) is 13.0 Å². The van der Waals surface area contributed by atoms with Gasteiger partial charge in [0, 0.05) is 39.0 Å². The van der Waals surface area contributed by atoms with Crippen LogP contribution in [0.25, 0.3) is 55.4 Å². The van der Waals surface area contributed by atoms with Crippen molar-refractivity contribution in [1.29, 1.82) is 0 Å². The Morgan fingerprint density at radius 3 is 2.41 bits per heavy atom. The lowest BCUT2D eigenvalue weighted by Crippen LogP contribution is -2.07. The minimum atomic E-state index is -0.881. The largest absolute Gasteiger partial charge is 0.497 e. The third-order valence-electron chi connectivity index (χ3n) is 10.1. The second-order valence-corrected chi connectivity index (χ2v) is 13.1. The van der Waals surface area contributed by atoms with E-state index in [1.807, 2.05) is 36.4 Å². The highest BCUT2D eigenvalue weighted by atomic mass is 35.5. The standard InChI is InChI=1S/C40H35ClN2O3/c1-46-28-14-16-29(24-9-12-27(41)13-10-24)34(23-28)36-19-17-31-30-8-5-21-43-37-22-26(40(44)45)11-15-33(37)38(25-6-3-2-4-7-25)39(43)32(30)18-20-35(31)42-36/h9-20,22-23,25H,2-8,21H2,1H3,(H,44,45). The topological polar surface area (TPSA) is 64.3 Å². The third kappa shape index (κ3) is 4.85. The van der Waals surface area contributed by atoms with Crippen LogP contribution in [0, 0.1) is 0 Å². The fourth-order valence-corrected chi connectivity index (χ4v) is 8.03. The fourth-order valence-electron chi connectivity index (χ4n) is 7.90. The predicted octanol–water partition coefficient (Wildman–Crippen LogP) is 10.5. The number of aryl methyl sites for hydroxylation is 2. The van der Waals surface area contributed by atoms with Crippen molar-refractivity contribution in [3.05, 3.63) is 107 Å². The second kappa shape index (κ2) is 11.6. The normalized spacial score (nSPS) is 15.0. The lowest BCUT2D eigenvalue weighted by atomic mass is 9.81. The maximum atomic E-state index is 12.0. The van der Waals surface area contributed by atoms with Gasteiger partial charge in [-0.05, 0) is 102 Å². The van der Waals surface area contributed by atoms with Crippen LogP contribution in [-0.4, -0.2) is 27.7 Å². The molecule has 5 nitrogen and oxygen atoms in total. The summed E-state index contributed by atoms with van der Waals surface area (Å²) in [5.74, 6) is 0.379. The van der Waals surface area contributed by atoms with Crippen molar-refractivity contribution in [2.24, 2.45) is 0 Å². The van der Waals surface area contributed by atoms with Gasteiger partial charge >= 0.3 is 5.97 Å². The van der Waals surface area contributed by atoms with Crippen LogP contribution in [0.15, 0.2) is 84.9 Å². The monoisotopic (exact) mass is 626 g/mol. The zero-order chi connectivity index (χ0) is 31.4. The molecule has 1 aliphatic heterocycles. The third-order valence-corrected chi connectivity index (χ3v) is 10.3. The number of rotatable bonds is 5. The summed E-state index contributed by atoms with van der Waals surface area (Å²) in [6.45, 7) is 0.859.